The molecule has 1 N–H and O–H groups in total. The van der Waals surface area contributed by atoms with Gasteiger partial charge in [-0.2, -0.15) is 13.2 Å². The van der Waals surface area contributed by atoms with E-state index >= 15 is 0 Å². The van der Waals surface area contributed by atoms with Gasteiger partial charge in [0.15, 0.2) is 0 Å². The lowest BCUT2D eigenvalue weighted by Crippen LogP contribution is -2.29. The molecular weight excluding hydrogens is 287 g/mol. The molecule has 0 aromatic carbocycles. The fourth-order valence-electron chi connectivity index (χ4n) is 1.84. The van der Waals surface area contributed by atoms with E-state index in [2.05, 4.69) is 15.0 Å². The zero-order valence-corrected chi connectivity index (χ0v) is 11.3. The van der Waals surface area contributed by atoms with Gasteiger partial charge in [-0.05, 0) is 12.1 Å². The lowest BCUT2D eigenvalue weighted by molar-refractivity contribution is -0.137. The quantitative estimate of drug-likeness (QED) is 0.914. The van der Waals surface area contributed by atoms with E-state index in [1.807, 2.05) is 0 Å². The van der Waals surface area contributed by atoms with Crippen LogP contribution in [-0.2, 0) is 22.1 Å². The van der Waals surface area contributed by atoms with Crippen molar-refractivity contribution in [1.82, 2.24) is 14.7 Å². The summed E-state index contributed by atoms with van der Waals surface area (Å²) in [4.78, 5) is 15.4. The first-order valence-electron chi connectivity index (χ1n) is 6.20. The van der Waals surface area contributed by atoms with Gasteiger partial charge in [0.25, 0.3) is 0 Å². The molecule has 21 heavy (non-hydrogen) atoms. The molecule has 8 heteroatoms. The summed E-state index contributed by atoms with van der Waals surface area (Å²) in [7, 11) is 1.42. The molecule has 0 radical (unpaired) electrons. The number of amides is 1. The molecule has 0 aliphatic rings. The minimum atomic E-state index is -4.38. The predicted octanol–water partition coefficient (Wildman–Crippen LogP) is 1.66. The van der Waals surface area contributed by atoms with Crippen LogP contribution in [0.1, 0.15) is 11.3 Å². The van der Waals surface area contributed by atoms with Crippen LogP contribution in [0, 0.1) is 0 Å². The normalized spacial score (nSPS) is 11.8. The van der Waals surface area contributed by atoms with Crippen molar-refractivity contribution in [1.29, 1.82) is 0 Å². The van der Waals surface area contributed by atoms with Crippen LogP contribution in [-0.4, -0.2) is 35.6 Å². The Hall–Kier alpha value is -2.09. The topological polar surface area (TPSA) is 55.6 Å². The number of aromatic nitrogens is 2. The van der Waals surface area contributed by atoms with E-state index in [-0.39, 0.29) is 12.5 Å². The van der Waals surface area contributed by atoms with E-state index in [9.17, 15) is 18.0 Å². The molecule has 0 bridgehead atoms. The number of nitrogens with one attached hydrogen (secondary N) is 1. The summed E-state index contributed by atoms with van der Waals surface area (Å²) in [6.07, 6.45) is -1.44. The minimum Gasteiger partial charge on any atom is -0.375 e. The third-order valence-electron chi connectivity index (χ3n) is 2.81. The van der Waals surface area contributed by atoms with Crippen molar-refractivity contribution in [2.24, 2.45) is 0 Å². The Kier molecular flexibility index (Phi) is 4.46. The Bertz CT molecular complexity index is 637. The number of methoxy groups -OCH3 is 1. The van der Waals surface area contributed by atoms with E-state index in [1.165, 1.54) is 23.8 Å². The average molecular weight is 301 g/mol. The van der Waals surface area contributed by atoms with Crippen molar-refractivity contribution < 1.29 is 22.7 Å². The highest BCUT2D eigenvalue weighted by Gasteiger charge is 2.30. The van der Waals surface area contributed by atoms with Crippen LogP contribution in [0.25, 0.3) is 5.65 Å². The van der Waals surface area contributed by atoms with Gasteiger partial charge in [-0.15, -0.1) is 0 Å². The van der Waals surface area contributed by atoms with Gasteiger partial charge >= 0.3 is 6.18 Å². The number of halogens is 3. The highest BCUT2D eigenvalue weighted by molar-refractivity contribution is 5.77. The van der Waals surface area contributed by atoms with Crippen LogP contribution in [0.5, 0.6) is 0 Å². The number of carbonyl (C=O) groups is 1. The summed E-state index contributed by atoms with van der Waals surface area (Å²) in [5.41, 5.74) is 0.306. The second kappa shape index (κ2) is 6.13. The summed E-state index contributed by atoms with van der Waals surface area (Å²) in [6, 6.07) is 2.31. The minimum absolute atomic E-state index is 0.0277. The van der Waals surface area contributed by atoms with E-state index in [0.717, 1.165) is 12.3 Å². The lowest BCUT2D eigenvalue weighted by atomic mass is 10.3. The van der Waals surface area contributed by atoms with E-state index in [4.69, 9.17) is 0 Å². The van der Waals surface area contributed by atoms with Crippen LogP contribution in [0.2, 0.25) is 0 Å². The average Bonchev–Trinajstić information content (AvgIpc) is 2.79. The predicted molar refractivity (Wildman–Crippen MR) is 68.8 cm³/mol. The zero-order chi connectivity index (χ0) is 15.5. The maximum atomic E-state index is 12.6. The number of pyridine rings is 1. The Morgan fingerprint density at radius 3 is 2.81 bits per heavy atom. The zero-order valence-electron chi connectivity index (χ0n) is 11.3. The van der Waals surface area contributed by atoms with Crippen molar-refractivity contribution in [3.05, 3.63) is 35.8 Å². The molecule has 0 unspecified atom stereocenters. The van der Waals surface area contributed by atoms with Crippen LogP contribution in [0.4, 0.5) is 13.2 Å². The fourth-order valence-corrected chi connectivity index (χ4v) is 1.84. The molecule has 5 nitrogen and oxygen atoms in total. The van der Waals surface area contributed by atoms with Crippen molar-refractivity contribution in [3.8, 4) is 0 Å². The first-order valence-corrected chi connectivity index (χ1v) is 6.20. The second-order valence-corrected chi connectivity index (χ2v) is 4.45. The number of ether oxygens (including phenoxy) is 1. The van der Waals surface area contributed by atoms with Gasteiger partial charge in [0.1, 0.15) is 12.3 Å². The Balaban J connectivity index is 2.04. The van der Waals surface area contributed by atoms with Crippen LogP contribution in [0.15, 0.2) is 24.5 Å². The lowest BCUT2D eigenvalue weighted by Gasteiger charge is -2.05. The summed E-state index contributed by atoms with van der Waals surface area (Å²) in [5, 5.41) is 2.62. The van der Waals surface area contributed by atoms with Crippen LogP contribution < -0.4 is 5.32 Å². The molecule has 0 spiro atoms. The van der Waals surface area contributed by atoms with Crippen molar-refractivity contribution in [3.63, 3.8) is 0 Å². The molecule has 0 aliphatic heterocycles. The SMILES string of the molecule is COCC(=O)NCCc1cn2cc(C(F)(F)F)ccc2n1. The van der Waals surface area contributed by atoms with Gasteiger partial charge in [-0.25, -0.2) is 4.98 Å². The third-order valence-corrected chi connectivity index (χ3v) is 2.81. The number of hydrogen-bond donors (Lipinski definition) is 1. The Labute approximate surface area is 118 Å². The number of rotatable bonds is 5. The first kappa shape index (κ1) is 15.3. The molecule has 0 saturated carbocycles. The molecule has 2 rings (SSSR count). The largest absolute Gasteiger partial charge is 0.417 e. The summed E-state index contributed by atoms with van der Waals surface area (Å²) in [6.45, 7) is 0.318. The molecule has 2 heterocycles. The van der Waals surface area contributed by atoms with Crippen molar-refractivity contribution in [2.45, 2.75) is 12.6 Å². The van der Waals surface area contributed by atoms with Gasteiger partial charge in [-0.1, -0.05) is 0 Å². The second-order valence-electron chi connectivity index (χ2n) is 4.45. The van der Waals surface area contributed by atoms with E-state index < -0.39 is 11.7 Å². The third kappa shape index (κ3) is 3.94. The van der Waals surface area contributed by atoms with Gasteiger partial charge in [-0.3, -0.25) is 4.79 Å². The number of fused-ring (bicyclic) bond motifs is 1. The monoisotopic (exact) mass is 301 g/mol. The van der Waals surface area contributed by atoms with Crippen molar-refractivity contribution in [2.75, 3.05) is 20.3 Å². The van der Waals surface area contributed by atoms with Crippen LogP contribution in [0.3, 0.4) is 0 Å². The summed E-state index contributed by atoms with van der Waals surface area (Å²) >= 11 is 0. The number of carbonyl (C=O) groups excluding carboxylic acids is 1. The summed E-state index contributed by atoms with van der Waals surface area (Å²) in [5.74, 6) is -0.249. The van der Waals surface area contributed by atoms with Crippen molar-refractivity contribution >= 4 is 11.6 Å². The number of imidazole rings is 1. The maximum absolute atomic E-state index is 12.6. The molecule has 0 saturated heterocycles. The van der Waals surface area contributed by atoms with Gasteiger partial charge < -0.3 is 14.5 Å². The summed E-state index contributed by atoms with van der Waals surface area (Å²) < 4.78 is 43.8. The number of alkyl halides is 3. The molecule has 0 atom stereocenters. The number of nitrogens with zero attached hydrogens (tertiary/aromatic N) is 2. The Morgan fingerprint density at radius 1 is 1.38 bits per heavy atom. The molecule has 0 aliphatic carbocycles. The highest BCUT2D eigenvalue weighted by atomic mass is 19.4. The number of hydrogen-bond acceptors (Lipinski definition) is 3. The highest BCUT2D eigenvalue weighted by Crippen LogP contribution is 2.29. The standard InChI is InChI=1S/C13H14F3N3O2/c1-21-8-12(20)17-5-4-10-7-19-6-9(13(14,15)16)2-3-11(19)18-10/h2-3,6-7H,4-5,8H2,1H3,(H,17,20). The maximum Gasteiger partial charge on any atom is 0.417 e. The van der Waals surface area contributed by atoms with E-state index in [0.29, 0.717) is 24.3 Å². The van der Waals surface area contributed by atoms with Crippen LogP contribution >= 0.6 is 0 Å². The molecule has 1 amide bonds. The first-order chi connectivity index (χ1) is 9.90. The molecular formula is C13H14F3N3O2. The van der Waals surface area contributed by atoms with Gasteiger partial charge in [0.05, 0.1) is 11.3 Å². The molecule has 0 fully saturated rings. The molecule has 2 aromatic heterocycles. The van der Waals surface area contributed by atoms with Gasteiger partial charge in [0.2, 0.25) is 5.91 Å². The smallest absolute Gasteiger partial charge is 0.375 e. The molecule has 2 aromatic rings. The fraction of sp³-hybridized carbons (Fsp3) is 0.385. The van der Waals surface area contributed by atoms with Gasteiger partial charge in [0, 0.05) is 32.5 Å². The van der Waals surface area contributed by atoms with E-state index in [1.54, 1.807) is 0 Å². The molecule has 114 valence electrons. The Morgan fingerprint density at radius 2 is 2.14 bits per heavy atom.